The number of hydrogen-bond donors (Lipinski definition) is 2. The molecule has 4 heterocycles. The second-order valence-electron chi connectivity index (χ2n) is 17.4. The zero-order chi connectivity index (χ0) is 43.5. The number of nitrogens with zero attached hydrogens (tertiary/aromatic N) is 4. The molecule has 316 valence electrons. The highest BCUT2D eigenvalue weighted by Crippen LogP contribution is 2.56. The third-order valence-corrected chi connectivity index (χ3v) is 13.1. The van der Waals surface area contributed by atoms with E-state index < -0.39 is 32.1 Å². The molecule has 61 heavy (non-hydrogen) atoms. The second kappa shape index (κ2) is 15.1. The first kappa shape index (κ1) is 41.1. The zero-order valence-corrected chi connectivity index (χ0v) is 35.2. The van der Waals surface area contributed by atoms with Gasteiger partial charge in [-0.25, -0.2) is 0 Å². The molecule has 0 radical (unpaired) electrons. The molecular formula is C47H50N6O8. The maximum Gasteiger partial charge on any atom is 0.270 e. The van der Waals surface area contributed by atoms with Crippen LogP contribution < -0.4 is 29.9 Å². The van der Waals surface area contributed by atoms with Crippen LogP contribution in [0.1, 0.15) is 94.9 Å². The van der Waals surface area contributed by atoms with E-state index in [9.17, 15) is 29.8 Å². The Bertz CT molecular complexity index is 2370. The van der Waals surface area contributed by atoms with Crippen LogP contribution in [-0.2, 0) is 20.4 Å². The molecule has 4 aliphatic heterocycles. The van der Waals surface area contributed by atoms with E-state index in [1.165, 1.54) is 24.3 Å². The van der Waals surface area contributed by atoms with Gasteiger partial charge >= 0.3 is 0 Å². The summed E-state index contributed by atoms with van der Waals surface area (Å²) in [6, 6.07) is 21.0. The molecule has 4 aromatic carbocycles. The molecule has 0 saturated carbocycles. The van der Waals surface area contributed by atoms with E-state index in [0.717, 1.165) is 54.6 Å². The Morgan fingerprint density at radius 2 is 0.984 bits per heavy atom. The first-order chi connectivity index (χ1) is 29.0. The third-order valence-electron chi connectivity index (χ3n) is 13.1. The van der Waals surface area contributed by atoms with Gasteiger partial charge in [0, 0.05) is 85.1 Å². The molecule has 2 spiro atoms. The third kappa shape index (κ3) is 6.83. The number of carbonyl (C=O) groups is 2. The number of anilines is 4. The van der Waals surface area contributed by atoms with Gasteiger partial charge in [-0.2, -0.15) is 0 Å². The summed E-state index contributed by atoms with van der Waals surface area (Å²) in [6.07, 6.45) is 12.6. The van der Waals surface area contributed by atoms with Gasteiger partial charge in [0.05, 0.1) is 20.7 Å². The largest absolute Gasteiger partial charge is 0.463 e. The minimum Gasteiger partial charge on any atom is -0.463 e. The topological polar surface area (TPSA) is 169 Å². The van der Waals surface area contributed by atoms with Crippen LogP contribution in [0.2, 0.25) is 0 Å². The number of nitrogens with one attached hydrogen (secondary N) is 2. The number of nitro benzene ring substituents is 2. The van der Waals surface area contributed by atoms with Gasteiger partial charge in [0.15, 0.2) is 0 Å². The zero-order valence-electron chi connectivity index (χ0n) is 35.2. The number of unbranched alkanes of at least 4 members (excludes halogenated alkanes) is 4. The molecule has 4 aromatic rings. The summed E-state index contributed by atoms with van der Waals surface area (Å²) in [4.78, 5) is 51.9. The highest BCUT2D eigenvalue weighted by molar-refractivity contribution is 5.92. The SMILES string of the molecule is CN1c2ccc(NC(=O)CCCCCCCC(=O)Nc3ccc4c(c3)C(C)(C)C3(C=Cc5cc([N+](=O)[O-])ccc5O3)N4C)cc2C(C)(C)C12C=Cc1cc([N+](=O)[O-])ccc1O2. The number of likely N-dealkylation sites (N-methyl/N-ethyl adjacent to an activating group) is 2. The van der Waals surface area contributed by atoms with Gasteiger partial charge in [-0.15, -0.1) is 0 Å². The lowest BCUT2D eigenvalue weighted by molar-refractivity contribution is -0.385. The molecule has 2 amide bonds. The Labute approximate surface area is 354 Å². The van der Waals surface area contributed by atoms with E-state index in [1.54, 1.807) is 12.1 Å². The summed E-state index contributed by atoms with van der Waals surface area (Å²) in [5.41, 5.74) is 3.93. The predicted octanol–water partition coefficient (Wildman–Crippen LogP) is 9.87. The fourth-order valence-electron chi connectivity index (χ4n) is 9.53. The van der Waals surface area contributed by atoms with Crippen LogP contribution >= 0.6 is 0 Å². The van der Waals surface area contributed by atoms with Crippen molar-refractivity contribution in [3.63, 3.8) is 0 Å². The van der Waals surface area contributed by atoms with Crippen LogP contribution in [0.15, 0.2) is 84.9 Å². The molecule has 8 rings (SSSR count). The van der Waals surface area contributed by atoms with Crippen molar-refractivity contribution >= 4 is 58.1 Å². The lowest BCUT2D eigenvalue weighted by Crippen LogP contribution is -2.58. The lowest BCUT2D eigenvalue weighted by atomic mass is 9.76. The van der Waals surface area contributed by atoms with E-state index in [-0.39, 0.29) is 23.2 Å². The van der Waals surface area contributed by atoms with Crippen LogP contribution in [0.3, 0.4) is 0 Å². The summed E-state index contributed by atoms with van der Waals surface area (Å²) in [5, 5.41) is 28.8. The molecule has 14 heteroatoms. The van der Waals surface area contributed by atoms with E-state index >= 15 is 0 Å². The van der Waals surface area contributed by atoms with Crippen molar-refractivity contribution < 1.29 is 28.9 Å². The number of nitro groups is 2. The normalized spacial score (nSPS) is 20.6. The molecule has 0 saturated heterocycles. The van der Waals surface area contributed by atoms with Crippen molar-refractivity contribution in [3.05, 3.63) is 127 Å². The number of amides is 2. The molecule has 0 bridgehead atoms. The minimum atomic E-state index is -0.864. The Hall–Kier alpha value is -6.70. The van der Waals surface area contributed by atoms with E-state index in [2.05, 4.69) is 48.1 Å². The summed E-state index contributed by atoms with van der Waals surface area (Å²) < 4.78 is 13.2. The number of fused-ring (bicyclic) bond motifs is 4. The van der Waals surface area contributed by atoms with Crippen molar-refractivity contribution in [2.45, 2.75) is 94.9 Å². The predicted molar refractivity (Wildman–Crippen MR) is 236 cm³/mol. The maximum absolute atomic E-state index is 13.0. The Kier molecular flexibility index (Phi) is 10.2. The molecule has 2 N–H and O–H groups in total. The first-order valence-electron chi connectivity index (χ1n) is 20.7. The molecule has 2 unspecified atom stereocenters. The fourth-order valence-corrected chi connectivity index (χ4v) is 9.53. The Morgan fingerprint density at radius 1 is 0.590 bits per heavy atom. The number of carbonyl (C=O) groups excluding carboxylic acids is 2. The molecule has 0 fully saturated rings. The standard InChI is InChI=1S/C47H50N6O8/c1-44(2)36-28-32(14-18-38(36)50(5)46(44)24-22-30-26-34(52(56)57)16-20-40(30)60-46)48-42(54)12-10-8-7-9-11-13-43(55)49-33-15-19-39-37(29-33)45(3,4)47(51(39)6)25-23-31-27-35(53(58)59)17-21-41(31)61-47/h14-29H,7-13H2,1-6H3,(H,48,54)(H,49,55). The second-order valence-corrected chi connectivity index (χ2v) is 17.4. The van der Waals surface area contributed by atoms with Gasteiger partial charge < -0.3 is 29.9 Å². The number of rotatable bonds is 12. The Morgan fingerprint density at radius 3 is 1.38 bits per heavy atom. The van der Waals surface area contributed by atoms with Gasteiger partial charge in [-0.3, -0.25) is 29.8 Å². The lowest BCUT2D eigenvalue weighted by Gasteiger charge is -2.45. The van der Waals surface area contributed by atoms with Crippen LogP contribution in [0, 0.1) is 20.2 Å². The average Bonchev–Trinajstić information content (AvgIpc) is 3.48. The van der Waals surface area contributed by atoms with Gasteiger partial charge in [-0.05, 0) is 124 Å². The minimum absolute atomic E-state index is 0.00824. The van der Waals surface area contributed by atoms with Crippen LogP contribution in [-0.4, -0.2) is 47.2 Å². The number of benzene rings is 4. The fraction of sp³-hybridized carbons (Fsp3) is 0.362. The molecule has 0 aliphatic carbocycles. The van der Waals surface area contributed by atoms with Crippen molar-refractivity contribution in [2.75, 3.05) is 34.5 Å². The van der Waals surface area contributed by atoms with Crippen molar-refractivity contribution in [3.8, 4) is 11.5 Å². The van der Waals surface area contributed by atoms with Crippen molar-refractivity contribution in [1.82, 2.24) is 0 Å². The monoisotopic (exact) mass is 826 g/mol. The van der Waals surface area contributed by atoms with Gasteiger partial charge in [-0.1, -0.05) is 19.3 Å². The van der Waals surface area contributed by atoms with E-state index in [0.29, 0.717) is 46.8 Å². The smallest absolute Gasteiger partial charge is 0.270 e. The molecule has 4 aliphatic rings. The highest BCUT2D eigenvalue weighted by Gasteiger charge is 2.59. The molecule has 2 atom stereocenters. The van der Waals surface area contributed by atoms with E-state index in [1.807, 2.05) is 74.8 Å². The summed E-state index contributed by atoms with van der Waals surface area (Å²) >= 11 is 0. The highest BCUT2D eigenvalue weighted by atomic mass is 16.6. The van der Waals surface area contributed by atoms with Gasteiger partial charge in [0.25, 0.3) is 11.4 Å². The van der Waals surface area contributed by atoms with Crippen molar-refractivity contribution in [2.24, 2.45) is 0 Å². The molecular weight excluding hydrogens is 777 g/mol. The number of ether oxygens (including phenoxy) is 2. The first-order valence-corrected chi connectivity index (χ1v) is 20.7. The summed E-state index contributed by atoms with van der Waals surface area (Å²) in [7, 11) is 3.93. The molecule has 0 aromatic heterocycles. The van der Waals surface area contributed by atoms with Gasteiger partial charge in [0.2, 0.25) is 23.3 Å². The molecule has 14 nitrogen and oxygen atoms in total. The Balaban J connectivity index is 0.785. The van der Waals surface area contributed by atoms with Crippen LogP contribution in [0.4, 0.5) is 34.1 Å². The van der Waals surface area contributed by atoms with Gasteiger partial charge in [0.1, 0.15) is 11.5 Å². The average molecular weight is 827 g/mol. The number of non-ortho nitro benzene ring substituents is 2. The number of hydrogen-bond acceptors (Lipinski definition) is 10. The maximum atomic E-state index is 13.0. The van der Waals surface area contributed by atoms with Crippen LogP contribution in [0.25, 0.3) is 12.2 Å². The quantitative estimate of drug-likeness (QED) is 0.0796. The van der Waals surface area contributed by atoms with Crippen molar-refractivity contribution in [1.29, 1.82) is 0 Å². The van der Waals surface area contributed by atoms with E-state index in [4.69, 9.17) is 9.47 Å². The summed E-state index contributed by atoms with van der Waals surface area (Å²) in [5.74, 6) is 1.03. The van der Waals surface area contributed by atoms with Crippen LogP contribution in [0.5, 0.6) is 11.5 Å². The summed E-state index contributed by atoms with van der Waals surface area (Å²) in [6.45, 7) is 8.38.